The van der Waals surface area contributed by atoms with Gasteiger partial charge >= 0.3 is 6.09 Å². The Hall–Kier alpha value is -0.600. The summed E-state index contributed by atoms with van der Waals surface area (Å²) >= 11 is 1.98. The van der Waals surface area contributed by atoms with Gasteiger partial charge in [-0.1, -0.05) is 22.6 Å². The van der Waals surface area contributed by atoms with Crippen LogP contribution in [0.25, 0.3) is 0 Å². The summed E-state index contributed by atoms with van der Waals surface area (Å²) in [4.78, 5) is 23.0. The molecule has 0 aromatic rings. The van der Waals surface area contributed by atoms with E-state index in [1.165, 1.54) is 4.90 Å². The van der Waals surface area contributed by atoms with E-state index in [4.69, 9.17) is 5.11 Å². The third-order valence-electron chi connectivity index (χ3n) is 1.76. The van der Waals surface area contributed by atoms with Crippen molar-refractivity contribution in [3.8, 4) is 0 Å². The van der Waals surface area contributed by atoms with Crippen LogP contribution in [0.4, 0.5) is 9.18 Å². The molecule has 0 heterocycles. The molecule has 0 fully saturated rings. The molecular weight excluding hydrogens is 318 g/mol. The van der Waals surface area contributed by atoms with Crippen LogP contribution < -0.4 is 5.32 Å². The van der Waals surface area contributed by atoms with Crippen LogP contribution in [0.5, 0.6) is 0 Å². The zero-order valence-corrected chi connectivity index (χ0v) is 10.7. The van der Waals surface area contributed by atoms with Gasteiger partial charge in [0, 0.05) is 0 Å². The number of hydrogen-bond acceptors (Lipinski definition) is 2. The molecule has 88 valence electrons. The molecule has 0 aliphatic rings. The molecular formula is C8H14FIN2O3. The van der Waals surface area contributed by atoms with E-state index < -0.39 is 24.7 Å². The number of nitrogens with zero attached hydrogens (tertiary/aromatic N) is 1. The van der Waals surface area contributed by atoms with Crippen LogP contribution in [0.1, 0.15) is 13.8 Å². The van der Waals surface area contributed by atoms with E-state index >= 15 is 0 Å². The molecule has 0 rings (SSSR count). The van der Waals surface area contributed by atoms with Crippen molar-refractivity contribution >= 4 is 34.6 Å². The molecule has 2 unspecified atom stereocenters. The van der Waals surface area contributed by atoms with Crippen LogP contribution in [-0.2, 0) is 4.79 Å². The van der Waals surface area contributed by atoms with Gasteiger partial charge in [0.15, 0.2) is 0 Å². The molecule has 0 saturated heterocycles. The Balaban J connectivity index is 4.36. The smallest absolute Gasteiger partial charge is 0.405 e. The molecule has 0 radical (unpaired) electrons. The number of alkyl halides is 2. The molecule has 5 nitrogen and oxygen atoms in total. The number of halogens is 2. The molecule has 2 N–H and O–H groups in total. The Bertz CT molecular complexity index is 238. The van der Waals surface area contributed by atoms with Crippen LogP contribution in [0.3, 0.4) is 0 Å². The maximum absolute atomic E-state index is 12.4. The molecule has 0 saturated carbocycles. The largest absolute Gasteiger partial charge is 0.465 e. The lowest BCUT2D eigenvalue weighted by Gasteiger charge is -2.30. The zero-order valence-electron chi connectivity index (χ0n) is 8.54. The van der Waals surface area contributed by atoms with Crippen molar-refractivity contribution < 1.29 is 19.1 Å². The van der Waals surface area contributed by atoms with E-state index in [-0.39, 0.29) is 10.6 Å². The maximum Gasteiger partial charge on any atom is 0.405 e. The van der Waals surface area contributed by atoms with Gasteiger partial charge in [0.2, 0.25) is 5.91 Å². The summed E-state index contributed by atoms with van der Waals surface area (Å²) in [7, 11) is 0. The van der Waals surface area contributed by atoms with Crippen LogP contribution in [0.15, 0.2) is 0 Å². The summed E-state index contributed by atoms with van der Waals surface area (Å²) in [5, 5.41) is 10.3. The summed E-state index contributed by atoms with van der Waals surface area (Å²) in [5.41, 5.74) is 0. The number of amides is 2. The fraction of sp³-hybridized carbons (Fsp3) is 0.750. The second-order valence-electron chi connectivity index (χ2n) is 3.04. The van der Waals surface area contributed by atoms with E-state index in [9.17, 15) is 14.0 Å². The van der Waals surface area contributed by atoms with Gasteiger partial charge < -0.3 is 15.3 Å². The monoisotopic (exact) mass is 332 g/mol. The molecule has 15 heavy (non-hydrogen) atoms. The first-order valence-corrected chi connectivity index (χ1v) is 5.62. The van der Waals surface area contributed by atoms with Gasteiger partial charge in [0.1, 0.15) is 13.2 Å². The summed E-state index contributed by atoms with van der Waals surface area (Å²) in [6.07, 6.45) is -1.27. The first-order valence-electron chi connectivity index (χ1n) is 4.38. The third-order valence-corrected chi connectivity index (χ3v) is 2.36. The Kier molecular flexibility index (Phi) is 6.53. The normalized spacial score (nSPS) is 14.1. The molecule has 0 aromatic heterocycles. The van der Waals surface area contributed by atoms with Crippen molar-refractivity contribution in [2.75, 3.05) is 13.2 Å². The highest BCUT2D eigenvalue weighted by molar-refractivity contribution is 14.1. The van der Waals surface area contributed by atoms with Crippen molar-refractivity contribution in [1.29, 1.82) is 0 Å². The average Bonchev–Trinajstić information content (AvgIpc) is 2.14. The van der Waals surface area contributed by atoms with Gasteiger partial charge in [-0.05, 0) is 13.8 Å². The highest BCUT2D eigenvalue weighted by Crippen LogP contribution is 2.12. The van der Waals surface area contributed by atoms with E-state index in [2.05, 4.69) is 0 Å². The van der Waals surface area contributed by atoms with Crippen molar-refractivity contribution in [3.63, 3.8) is 0 Å². The number of hydrogen-bond donors (Lipinski definition) is 2. The van der Waals surface area contributed by atoms with Gasteiger partial charge in [-0.25, -0.2) is 9.18 Å². The quantitative estimate of drug-likeness (QED) is 0.452. The first kappa shape index (κ1) is 14.4. The number of nitrogens with one attached hydrogen (secondary N) is 1. The molecule has 2 amide bonds. The molecule has 0 aliphatic heterocycles. The van der Waals surface area contributed by atoms with Gasteiger partial charge in [0.25, 0.3) is 0 Å². The molecule has 0 aliphatic carbocycles. The fourth-order valence-electron chi connectivity index (χ4n) is 1.11. The summed E-state index contributed by atoms with van der Waals surface area (Å²) in [6, 6.07) is -0.542. The van der Waals surface area contributed by atoms with Crippen LogP contribution in [0, 0.1) is 0 Å². The van der Waals surface area contributed by atoms with Crippen molar-refractivity contribution in [1.82, 2.24) is 10.2 Å². The van der Waals surface area contributed by atoms with Gasteiger partial charge in [-0.15, -0.1) is 0 Å². The fourth-order valence-corrected chi connectivity index (χ4v) is 1.97. The van der Waals surface area contributed by atoms with E-state index in [0.29, 0.717) is 0 Å². The lowest BCUT2D eigenvalue weighted by atomic mass is 10.3. The number of carboxylic acid groups (broad SMARTS) is 1. The predicted octanol–water partition coefficient (Wildman–Crippen LogP) is 1.22. The Morgan fingerprint density at radius 2 is 2.07 bits per heavy atom. The topological polar surface area (TPSA) is 69.6 Å². The number of carbonyl (C=O) groups is 2. The molecule has 7 heteroatoms. The molecule has 0 spiro atoms. The van der Waals surface area contributed by atoms with E-state index in [1.54, 1.807) is 13.8 Å². The Morgan fingerprint density at radius 3 is 2.40 bits per heavy atom. The summed E-state index contributed by atoms with van der Waals surface area (Å²) in [6.45, 7) is 2.35. The number of rotatable bonds is 5. The van der Waals surface area contributed by atoms with Crippen LogP contribution in [0.2, 0.25) is 0 Å². The van der Waals surface area contributed by atoms with Gasteiger partial charge in [0.05, 0.1) is 10.1 Å². The Morgan fingerprint density at radius 1 is 1.53 bits per heavy atom. The third kappa shape index (κ3) is 5.14. The highest BCUT2D eigenvalue weighted by atomic mass is 127. The standard InChI is InChI=1S/C8H14FIN2O3/c1-5(3-9)12(6(2)10)7(13)4-11-8(14)15/h5-6,11H,3-4H2,1-2H3,(H,14,15). The van der Waals surface area contributed by atoms with E-state index in [0.717, 1.165) is 0 Å². The minimum absolute atomic E-state index is 0.184. The molecule has 2 atom stereocenters. The lowest BCUT2D eigenvalue weighted by Crippen LogP contribution is -2.47. The summed E-state index contributed by atoms with van der Waals surface area (Å²) in [5.74, 6) is -0.426. The summed E-state index contributed by atoms with van der Waals surface area (Å²) < 4.78 is 12.2. The lowest BCUT2D eigenvalue weighted by molar-refractivity contribution is -0.132. The second kappa shape index (κ2) is 6.81. The minimum atomic E-state index is -1.27. The first-order chi connectivity index (χ1) is 6.90. The average molecular weight is 332 g/mol. The van der Waals surface area contributed by atoms with Gasteiger partial charge in [-0.2, -0.15) is 0 Å². The van der Waals surface area contributed by atoms with Gasteiger partial charge in [-0.3, -0.25) is 4.79 Å². The maximum atomic E-state index is 12.4. The minimum Gasteiger partial charge on any atom is -0.465 e. The van der Waals surface area contributed by atoms with Crippen molar-refractivity contribution in [2.24, 2.45) is 0 Å². The number of carbonyl (C=O) groups excluding carboxylic acids is 1. The van der Waals surface area contributed by atoms with Crippen molar-refractivity contribution in [2.45, 2.75) is 23.9 Å². The zero-order chi connectivity index (χ0) is 12.0. The Labute approximate surface area is 101 Å². The second-order valence-corrected chi connectivity index (χ2v) is 4.84. The predicted molar refractivity (Wildman–Crippen MR) is 61.8 cm³/mol. The van der Waals surface area contributed by atoms with E-state index in [1.807, 2.05) is 27.9 Å². The SMILES string of the molecule is CC(I)N(C(=O)CNC(=O)O)C(C)CF. The molecule has 0 bridgehead atoms. The highest BCUT2D eigenvalue weighted by Gasteiger charge is 2.23. The van der Waals surface area contributed by atoms with Crippen LogP contribution >= 0.6 is 22.6 Å². The van der Waals surface area contributed by atoms with Crippen LogP contribution in [-0.4, -0.2) is 45.3 Å². The molecule has 0 aromatic carbocycles. The van der Waals surface area contributed by atoms with Crippen molar-refractivity contribution in [3.05, 3.63) is 0 Å².